The van der Waals surface area contributed by atoms with Crippen LogP contribution in [-0.2, 0) is 9.59 Å². The number of benzene rings is 1. The minimum Gasteiger partial charge on any atom is -0.481 e. The van der Waals surface area contributed by atoms with Gasteiger partial charge in [-0.25, -0.2) is 0 Å². The topological polar surface area (TPSA) is 57.6 Å². The van der Waals surface area contributed by atoms with Crippen molar-refractivity contribution in [1.29, 1.82) is 0 Å². The molecule has 1 aliphatic heterocycles. The molecule has 4 nitrogen and oxygen atoms in total. The van der Waals surface area contributed by atoms with E-state index in [2.05, 4.69) is 0 Å². The van der Waals surface area contributed by atoms with Crippen molar-refractivity contribution >= 4 is 11.9 Å². The molecule has 1 fully saturated rings. The van der Waals surface area contributed by atoms with Crippen LogP contribution >= 0.6 is 0 Å². The highest BCUT2D eigenvalue weighted by atomic mass is 16.4. The van der Waals surface area contributed by atoms with E-state index in [1.165, 1.54) is 0 Å². The smallest absolute Gasteiger partial charge is 0.308 e. The number of carboxylic acid groups (broad SMARTS) is 1. The highest BCUT2D eigenvalue weighted by Gasteiger charge is 2.38. The van der Waals surface area contributed by atoms with Gasteiger partial charge in [-0.1, -0.05) is 31.2 Å². The molecule has 1 heterocycles. The number of carbonyl (C=O) groups is 2. The third-order valence-corrected chi connectivity index (χ3v) is 4.23. The molecule has 0 spiro atoms. The molecule has 4 heteroatoms. The van der Waals surface area contributed by atoms with Crippen LogP contribution in [0.1, 0.15) is 49.8 Å². The van der Waals surface area contributed by atoms with Gasteiger partial charge in [-0.05, 0) is 37.3 Å². The van der Waals surface area contributed by atoms with Gasteiger partial charge >= 0.3 is 5.97 Å². The molecule has 0 radical (unpaired) electrons. The fourth-order valence-corrected chi connectivity index (χ4v) is 3.21. The second-order valence-electron chi connectivity index (χ2n) is 5.73. The first-order chi connectivity index (χ1) is 10.1. The Labute approximate surface area is 125 Å². The highest BCUT2D eigenvalue weighted by Crippen LogP contribution is 2.37. The first-order valence-electron chi connectivity index (χ1n) is 7.64. The summed E-state index contributed by atoms with van der Waals surface area (Å²) in [5, 5.41) is 9.62. The molecule has 1 aromatic rings. The lowest BCUT2D eigenvalue weighted by Crippen LogP contribution is -2.39. The van der Waals surface area contributed by atoms with Crippen molar-refractivity contribution in [3.05, 3.63) is 35.4 Å². The number of hydrogen-bond donors (Lipinski definition) is 1. The highest BCUT2D eigenvalue weighted by molar-refractivity contribution is 5.80. The SMILES string of the molecule is CCCN1C(=O)CCCC(C(=O)O)C1c1ccccc1C. The van der Waals surface area contributed by atoms with E-state index in [-0.39, 0.29) is 11.9 Å². The number of likely N-dealkylation sites (tertiary alicyclic amines) is 1. The molecule has 2 rings (SSSR count). The number of carboxylic acids is 1. The van der Waals surface area contributed by atoms with E-state index in [0.717, 1.165) is 17.5 Å². The van der Waals surface area contributed by atoms with Crippen molar-refractivity contribution in [3.8, 4) is 0 Å². The van der Waals surface area contributed by atoms with Crippen LogP contribution in [0.5, 0.6) is 0 Å². The second kappa shape index (κ2) is 6.74. The molecule has 0 aromatic heterocycles. The third kappa shape index (κ3) is 3.26. The molecule has 1 amide bonds. The number of rotatable bonds is 4. The van der Waals surface area contributed by atoms with E-state index in [1.807, 2.05) is 38.1 Å². The summed E-state index contributed by atoms with van der Waals surface area (Å²) in [5.74, 6) is -1.25. The molecule has 1 saturated heterocycles. The van der Waals surface area contributed by atoms with E-state index in [1.54, 1.807) is 4.90 Å². The minimum atomic E-state index is -0.806. The summed E-state index contributed by atoms with van der Waals surface area (Å²) in [6.07, 6.45) is 2.49. The Morgan fingerprint density at radius 1 is 1.38 bits per heavy atom. The molecule has 2 atom stereocenters. The van der Waals surface area contributed by atoms with Crippen molar-refractivity contribution < 1.29 is 14.7 Å². The molecular formula is C17H23NO3. The van der Waals surface area contributed by atoms with Gasteiger partial charge in [0.15, 0.2) is 0 Å². The van der Waals surface area contributed by atoms with Crippen LogP contribution in [0.25, 0.3) is 0 Å². The first-order valence-corrected chi connectivity index (χ1v) is 7.64. The zero-order chi connectivity index (χ0) is 15.4. The first kappa shape index (κ1) is 15.5. The number of carbonyl (C=O) groups excluding carboxylic acids is 1. The van der Waals surface area contributed by atoms with E-state index in [4.69, 9.17) is 0 Å². The molecule has 0 saturated carbocycles. The predicted molar refractivity (Wildman–Crippen MR) is 80.9 cm³/mol. The summed E-state index contributed by atoms with van der Waals surface area (Å²) in [6.45, 7) is 4.61. The van der Waals surface area contributed by atoms with Crippen molar-refractivity contribution in [2.24, 2.45) is 5.92 Å². The zero-order valence-electron chi connectivity index (χ0n) is 12.7. The van der Waals surface area contributed by atoms with Crippen LogP contribution in [0.4, 0.5) is 0 Å². The average molecular weight is 289 g/mol. The van der Waals surface area contributed by atoms with Gasteiger partial charge in [0.1, 0.15) is 0 Å². The van der Waals surface area contributed by atoms with E-state index in [0.29, 0.717) is 25.8 Å². The van der Waals surface area contributed by atoms with Gasteiger partial charge in [0.2, 0.25) is 5.91 Å². The van der Waals surface area contributed by atoms with Crippen molar-refractivity contribution in [2.45, 2.75) is 45.6 Å². The fraction of sp³-hybridized carbons (Fsp3) is 0.529. The number of aliphatic carboxylic acids is 1. The Balaban J connectivity index is 2.50. The number of aryl methyl sites for hydroxylation is 1. The Bertz CT molecular complexity index is 527. The van der Waals surface area contributed by atoms with Crippen LogP contribution < -0.4 is 0 Å². The van der Waals surface area contributed by atoms with E-state index < -0.39 is 11.9 Å². The quantitative estimate of drug-likeness (QED) is 0.926. The molecule has 1 aliphatic rings. The van der Waals surface area contributed by atoms with Gasteiger partial charge < -0.3 is 10.0 Å². The lowest BCUT2D eigenvalue weighted by atomic mass is 9.87. The largest absolute Gasteiger partial charge is 0.481 e. The van der Waals surface area contributed by atoms with Gasteiger partial charge in [0.25, 0.3) is 0 Å². The maximum atomic E-state index is 12.4. The fourth-order valence-electron chi connectivity index (χ4n) is 3.21. The van der Waals surface area contributed by atoms with Crippen LogP contribution in [0.3, 0.4) is 0 Å². The summed E-state index contributed by atoms with van der Waals surface area (Å²) in [5.41, 5.74) is 2.01. The molecular weight excluding hydrogens is 266 g/mol. The molecule has 0 aliphatic carbocycles. The van der Waals surface area contributed by atoms with Crippen LogP contribution in [0.15, 0.2) is 24.3 Å². The Morgan fingerprint density at radius 3 is 2.71 bits per heavy atom. The molecule has 1 N–H and O–H groups in total. The minimum absolute atomic E-state index is 0.0776. The monoisotopic (exact) mass is 289 g/mol. The number of amides is 1. The van der Waals surface area contributed by atoms with Gasteiger partial charge in [-0.2, -0.15) is 0 Å². The molecule has 114 valence electrons. The van der Waals surface area contributed by atoms with Crippen LogP contribution in [0.2, 0.25) is 0 Å². The maximum absolute atomic E-state index is 12.4. The molecule has 0 bridgehead atoms. The van der Waals surface area contributed by atoms with Crippen molar-refractivity contribution in [3.63, 3.8) is 0 Å². The Hall–Kier alpha value is -1.84. The molecule has 21 heavy (non-hydrogen) atoms. The van der Waals surface area contributed by atoms with E-state index >= 15 is 0 Å². The zero-order valence-corrected chi connectivity index (χ0v) is 12.7. The van der Waals surface area contributed by atoms with Crippen molar-refractivity contribution in [1.82, 2.24) is 4.90 Å². The summed E-state index contributed by atoms with van der Waals surface area (Å²) in [7, 11) is 0. The Morgan fingerprint density at radius 2 is 2.10 bits per heavy atom. The van der Waals surface area contributed by atoms with Gasteiger partial charge in [0, 0.05) is 13.0 Å². The van der Waals surface area contributed by atoms with Crippen LogP contribution in [-0.4, -0.2) is 28.4 Å². The second-order valence-corrected chi connectivity index (χ2v) is 5.73. The van der Waals surface area contributed by atoms with Crippen molar-refractivity contribution in [2.75, 3.05) is 6.54 Å². The van der Waals surface area contributed by atoms with Gasteiger partial charge in [0.05, 0.1) is 12.0 Å². The summed E-state index contributed by atoms with van der Waals surface area (Å²) in [6, 6.07) is 7.45. The lowest BCUT2D eigenvalue weighted by Gasteiger charge is -2.34. The van der Waals surface area contributed by atoms with E-state index in [9.17, 15) is 14.7 Å². The summed E-state index contributed by atoms with van der Waals surface area (Å²) >= 11 is 0. The summed E-state index contributed by atoms with van der Waals surface area (Å²) < 4.78 is 0. The maximum Gasteiger partial charge on any atom is 0.308 e. The van der Waals surface area contributed by atoms with Gasteiger partial charge in [-0.15, -0.1) is 0 Å². The lowest BCUT2D eigenvalue weighted by molar-refractivity contribution is -0.146. The van der Waals surface area contributed by atoms with Gasteiger partial charge in [-0.3, -0.25) is 9.59 Å². The standard InChI is InChI=1S/C17H23NO3/c1-3-11-18-15(19)10-6-9-14(17(20)21)16(18)13-8-5-4-7-12(13)2/h4-5,7-8,14,16H,3,6,9-11H2,1-2H3,(H,20,21). The number of nitrogens with zero attached hydrogens (tertiary/aromatic N) is 1. The third-order valence-electron chi connectivity index (χ3n) is 4.23. The summed E-state index contributed by atoms with van der Waals surface area (Å²) in [4.78, 5) is 25.9. The normalized spacial score (nSPS) is 23.0. The molecule has 2 unspecified atom stereocenters. The Kier molecular flexibility index (Phi) is 4.99. The predicted octanol–water partition coefficient (Wildman–Crippen LogP) is 3.16. The number of hydrogen-bond acceptors (Lipinski definition) is 2. The average Bonchev–Trinajstić information content (AvgIpc) is 2.60. The molecule has 1 aromatic carbocycles. The van der Waals surface area contributed by atoms with Crippen LogP contribution in [0, 0.1) is 12.8 Å².